The van der Waals surface area contributed by atoms with E-state index in [4.69, 9.17) is 0 Å². The Balaban J connectivity index is 0.000000187. The number of aromatic hydroxyl groups is 2. The van der Waals surface area contributed by atoms with E-state index in [0.717, 1.165) is 10.8 Å². The summed E-state index contributed by atoms with van der Waals surface area (Å²) in [6.45, 7) is 0. The van der Waals surface area contributed by atoms with Gasteiger partial charge in [-0.15, -0.1) is 9.81 Å². The SMILES string of the molecule is O=Nc1c(O)ccc2ccccc12.O=Nc1c(O)ccc2ccccc12.[Cu]. The second-order valence-corrected chi connectivity index (χ2v) is 5.49. The Labute approximate surface area is 164 Å². The number of rotatable bonds is 2. The van der Waals surface area contributed by atoms with Gasteiger partial charge >= 0.3 is 0 Å². The van der Waals surface area contributed by atoms with E-state index in [2.05, 4.69) is 10.4 Å². The van der Waals surface area contributed by atoms with Gasteiger partial charge in [-0.1, -0.05) is 60.7 Å². The predicted octanol–water partition coefficient (Wildman–Crippen LogP) is 5.88. The number of hydrogen-bond donors (Lipinski definition) is 2. The first-order valence-electron chi connectivity index (χ1n) is 7.74. The monoisotopic (exact) mass is 409 g/mol. The number of benzene rings is 4. The molecule has 0 aromatic heterocycles. The number of nitrogens with zero attached hydrogens (tertiary/aromatic N) is 2. The molecular formula is C20H14CuN2O4. The van der Waals surface area contributed by atoms with Crippen molar-refractivity contribution in [2.24, 2.45) is 10.4 Å². The Morgan fingerprint density at radius 2 is 0.926 bits per heavy atom. The molecule has 0 heterocycles. The van der Waals surface area contributed by atoms with Gasteiger partial charge in [0.25, 0.3) is 0 Å². The van der Waals surface area contributed by atoms with Gasteiger partial charge in [0.15, 0.2) is 11.4 Å². The van der Waals surface area contributed by atoms with Gasteiger partial charge in [0.05, 0.1) is 0 Å². The van der Waals surface area contributed by atoms with Gasteiger partial charge in [-0.05, 0) is 33.3 Å². The van der Waals surface area contributed by atoms with Crippen molar-refractivity contribution in [2.45, 2.75) is 0 Å². The minimum Gasteiger partial charge on any atom is -0.506 e. The van der Waals surface area contributed by atoms with Crippen LogP contribution in [0.1, 0.15) is 0 Å². The van der Waals surface area contributed by atoms with E-state index in [9.17, 15) is 20.0 Å². The maximum atomic E-state index is 10.4. The van der Waals surface area contributed by atoms with Gasteiger partial charge < -0.3 is 10.2 Å². The molecule has 0 spiro atoms. The molecule has 4 aromatic rings. The quantitative estimate of drug-likeness (QED) is 0.318. The number of nitroso groups, excluding NO2 is 2. The standard InChI is InChI=1S/2C10H7NO2.Cu/c2*12-9-6-5-7-3-1-2-4-8(7)10(9)11-13;/h2*1-6,12H;. The third kappa shape index (κ3) is 4.11. The molecule has 0 saturated carbocycles. The molecule has 4 aromatic carbocycles. The molecule has 139 valence electrons. The van der Waals surface area contributed by atoms with Crippen LogP contribution in [0.2, 0.25) is 0 Å². The average molecular weight is 410 g/mol. The molecule has 0 fully saturated rings. The van der Waals surface area contributed by atoms with E-state index in [0.29, 0.717) is 10.8 Å². The summed E-state index contributed by atoms with van der Waals surface area (Å²) in [7, 11) is 0. The summed E-state index contributed by atoms with van der Waals surface area (Å²) in [5.41, 5.74) is 0.219. The van der Waals surface area contributed by atoms with Crippen molar-refractivity contribution in [3.8, 4) is 11.5 Å². The van der Waals surface area contributed by atoms with Crippen molar-refractivity contribution >= 4 is 32.9 Å². The van der Waals surface area contributed by atoms with E-state index >= 15 is 0 Å². The van der Waals surface area contributed by atoms with E-state index in [-0.39, 0.29) is 39.9 Å². The molecule has 0 amide bonds. The van der Waals surface area contributed by atoms with Gasteiger partial charge in [0.1, 0.15) is 11.5 Å². The molecule has 1 radical (unpaired) electrons. The van der Waals surface area contributed by atoms with Crippen LogP contribution >= 0.6 is 0 Å². The third-order valence-electron chi connectivity index (χ3n) is 3.94. The van der Waals surface area contributed by atoms with Crippen LogP contribution in [-0.2, 0) is 17.1 Å². The Hall–Kier alpha value is -3.28. The minimum absolute atomic E-state index is 0. The van der Waals surface area contributed by atoms with Gasteiger partial charge in [-0.2, -0.15) is 0 Å². The maximum Gasteiger partial charge on any atom is 0.157 e. The maximum absolute atomic E-state index is 10.4. The molecule has 0 bridgehead atoms. The Morgan fingerprint density at radius 1 is 0.556 bits per heavy atom. The van der Waals surface area contributed by atoms with Gasteiger partial charge in [-0.3, -0.25) is 0 Å². The normalized spacial score (nSPS) is 9.78. The molecule has 0 atom stereocenters. The van der Waals surface area contributed by atoms with Crippen LogP contribution in [0.3, 0.4) is 0 Å². The Kier molecular flexibility index (Phi) is 6.60. The molecule has 4 rings (SSSR count). The van der Waals surface area contributed by atoms with Crippen LogP contribution in [0.5, 0.6) is 11.5 Å². The van der Waals surface area contributed by atoms with Crippen LogP contribution in [0.4, 0.5) is 11.4 Å². The summed E-state index contributed by atoms with van der Waals surface area (Å²) in [5.74, 6) is -0.151. The van der Waals surface area contributed by atoms with Crippen molar-refractivity contribution in [1.29, 1.82) is 0 Å². The molecule has 0 aliphatic rings. The predicted molar refractivity (Wildman–Crippen MR) is 102 cm³/mol. The fourth-order valence-electron chi connectivity index (χ4n) is 2.68. The topological polar surface area (TPSA) is 99.3 Å². The van der Waals surface area contributed by atoms with Crippen LogP contribution < -0.4 is 0 Å². The molecule has 0 saturated heterocycles. The van der Waals surface area contributed by atoms with Gasteiger partial charge in [0.2, 0.25) is 0 Å². The second kappa shape index (κ2) is 8.89. The first kappa shape index (κ1) is 20.0. The Morgan fingerprint density at radius 3 is 1.30 bits per heavy atom. The number of phenols is 2. The molecule has 7 heteroatoms. The smallest absolute Gasteiger partial charge is 0.157 e. The van der Waals surface area contributed by atoms with Crippen molar-refractivity contribution in [1.82, 2.24) is 0 Å². The van der Waals surface area contributed by atoms with Crippen molar-refractivity contribution in [3.05, 3.63) is 82.6 Å². The zero-order valence-corrected chi connectivity index (χ0v) is 14.8. The molecular weight excluding hydrogens is 396 g/mol. The first-order valence-corrected chi connectivity index (χ1v) is 7.74. The van der Waals surface area contributed by atoms with Crippen LogP contribution in [0, 0.1) is 9.81 Å². The largest absolute Gasteiger partial charge is 0.506 e. The van der Waals surface area contributed by atoms with Crippen molar-refractivity contribution in [2.75, 3.05) is 0 Å². The summed E-state index contributed by atoms with van der Waals surface area (Å²) in [5, 5.41) is 27.4. The number of phenolic OH excluding ortho intramolecular Hbond substituents is 2. The van der Waals surface area contributed by atoms with E-state index in [1.165, 1.54) is 12.1 Å². The fraction of sp³-hybridized carbons (Fsp3) is 0. The zero-order chi connectivity index (χ0) is 18.5. The summed E-state index contributed by atoms with van der Waals surface area (Å²) < 4.78 is 0. The minimum atomic E-state index is -0.0753. The van der Waals surface area contributed by atoms with Crippen LogP contribution in [0.25, 0.3) is 21.5 Å². The molecule has 0 aliphatic heterocycles. The fourth-order valence-corrected chi connectivity index (χ4v) is 2.68. The first-order chi connectivity index (χ1) is 12.7. The van der Waals surface area contributed by atoms with Crippen molar-refractivity contribution in [3.63, 3.8) is 0 Å². The average Bonchev–Trinajstić information content (AvgIpc) is 2.68. The van der Waals surface area contributed by atoms with Crippen LogP contribution in [-0.4, -0.2) is 10.2 Å². The van der Waals surface area contributed by atoms with Crippen LogP contribution in [0.15, 0.2) is 83.2 Å². The zero-order valence-electron chi connectivity index (χ0n) is 13.8. The number of hydrogen-bond acceptors (Lipinski definition) is 6. The second-order valence-electron chi connectivity index (χ2n) is 5.49. The van der Waals surface area contributed by atoms with Gasteiger partial charge in [-0.25, -0.2) is 0 Å². The number of fused-ring (bicyclic) bond motifs is 2. The molecule has 2 N–H and O–H groups in total. The molecule has 6 nitrogen and oxygen atoms in total. The summed E-state index contributed by atoms with van der Waals surface area (Å²) in [6.07, 6.45) is 0. The van der Waals surface area contributed by atoms with E-state index in [1.54, 1.807) is 36.4 Å². The van der Waals surface area contributed by atoms with Crippen molar-refractivity contribution < 1.29 is 27.3 Å². The summed E-state index contributed by atoms with van der Waals surface area (Å²) >= 11 is 0. The van der Waals surface area contributed by atoms with Gasteiger partial charge in [0, 0.05) is 27.8 Å². The Bertz CT molecular complexity index is 1030. The third-order valence-corrected chi connectivity index (χ3v) is 3.94. The van der Waals surface area contributed by atoms with E-state index in [1.807, 2.05) is 24.3 Å². The van der Waals surface area contributed by atoms with E-state index < -0.39 is 0 Å². The molecule has 0 unspecified atom stereocenters. The molecule has 27 heavy (non-hydrogen) atoms. The molecule has 0 aliphatic carbocycles. The summed E-state index contributed by atoms with van der Waals surface area (Å²) in [6, 6.07) is 21.0. The summed E-state index contributed by atoms with van der Waals surface area (Å²) in [4.78, 5) is 20.9.